The largest absolute Gasteiger partial charge is 0.383 e. The molecule has 23 heavy (non-hydrogen) atoms. The van der Waals surface area contributed by atoms with E-state index in [0.717, 1.165) is 27.2 Å². The van der Waals surface area contributed by atoms with E-state index >= 15 is 0 Å². The van der Waals surface area contributed by atoms with Crippen LogP contribution in [0.4, 0.5) is 0 Å². The fourth-order valence-electron chi connectivity index (χ4n) is 3.01. The number of aliphatic hydroxyl groups is 1. The maximum absolute atomic E-state index is 10.3. The van der Waals surface area contributed by atoms with E-state index < -0.39 is 5.60 Å². The summed E-state index contributed by atoms with van der Waals surface area (Å²) in [7, 11) is 0. The zero-order valence-electron chi connectivity index (χ0n) is 12.8. The molecule has 1 N–H and O–H groups in total. The molecule has 4 nitrogen and oxygen atoms in total. The monoisotopic (exact) mass is 328 g/mol. The smallest absolute Gasteiger partial charge is 0.129 e. The van der Waals surface area contributed by atoms with Crippen LogP contribution in [0.3, 0.4) is 0 Å². The Labute approximate surface area is 139 Å². The molecule has 2 heterocycles. The molecule has 1 aromatic heterocycles. The summed E-state index contributed by atoms with van der Waals surface area (Å²) in [6.45, 7) is 3.33. The summed E-state index contributed by atoms with van der Waals surface area (Å²) in [4.78, 5) is 4.48. The van der Waals surface area contributed by atoms with Crippen molar-refractivity contribution in [3.63, 3.8) is 0 Å². The van der Waals surface area contributed by atoms with Gasteiger partial charge in [-0.2, -0.15) is 0 Å². The highest BCUT2D eigenvalue weighted by atomic mass is 35.5. The molecule has 1 aliphatic rings. The number of fused-ring (bicyclic) bond motifs is 1. The number of aromatic nitrogens is 2. The van der Waals surface area contributed by atoms with Gasteiger partial charge >= 0.3 is 0 Å². The summed E-state index contributed by atoms with van der Waals surface area (Å²) >= 11 is 6.12. The zero-order valence-corrected chi connectivity index (χ0v) is 13.5. The van der Waals surface area contributed by atoms with Crippen molar-refractivity contribution in [2.24, 2.45) is 0 Å². The van der Waals surface area contributed by atoms with Crippen molar-refractivity contribution in [1.29, 1.82) is 0 Å². The Bertz CT molecular complexity index is 884. The van der Waals surface area contributed by atoms with Crippen LogP contribution in [0.25, 0.3) is 22.2 Å². The highest BCUT2D eigenvalue weighted by Crippen LogP contribution is 2.29. The van der Waals surface area contributed by atoms with Crippen LogP contribution >= 0.6 is 11.6 Å². The molecule has 0 unspecified atom stereocenters. The molecular formula is C18H17ClN2O2. The fraction of sp³-hybridized carbons (Fsp3) is 0.278. The van der Waals surface area contributed by atoms with E-state index in [1.54, 1.807) is 6.33 Å². The van der Waals surface area contributed by atoms with Gasteiger partial charge in [0.05, 0.1) is 37.1 Å². The van der Waals surface area contributed by atoms with Gasteiger partial charge in [-0.05, 0) is 47.9 Å². The van der Waals surface area contributed by atoms with Gasteiger partial charge in [0, 0.05) is 5.02 Å². The summed E-state index contributed by atoms with van der Waals surface area (Å²) in [6, 6.07) is 12.1. The number of imidazole rings is 1. The van der Waals surface area contributed by atoms with Gasteiger partial charge in [-0.15, -0.1) is 0 Å². The van der Waals surface area contributed by atoms with Gasteiger partial charge in [-0.1, -0.05) is 23.7 Å². The Kier molecular flexibility index (Phi) is 3.41. The Morgan fingerprint density at radius 3 is 2.83 bits per heavy atom. The Hall–Kier alpha value is -1.88. The number of halogens is 1. The lowest BCUT2D eigenvalue weighted by molar-refractivity contribution is -0.184. The standard InChI is InChI=1S/C18H17ClN2O2/c1-12-2-4-14(19)7-15(12)13-3-5-17-16(6-13)20-11-21(17)8-18(22)9-23-10-18/h2-7,11,22H,8-10H2,1H3. The number of hydrogen-bond acceptors (Lipinski definition) is 3. The number of rotatable bonds is 3. The predicted octanol–water partition coefficient (Wildman–Crippen LogP) is 3.43. The van der Waals surface area contributed by atoms with Gasteiger partial charge in [-0.3, -0.25) is 0 Å². The van der Waals surface area contributed by atoms with Crippen LogP contribution in [-0.4, -0.2) is 33.5 Å². The van der Waals surface area contributed by atoms with E-state index in [9.17, 15) is 5.11 Å². The van der Waals surface area contributed by atoms with Crippen molar-refractivity contribution in [2.45, 2.75) is 19.1 Å². The maximum Gasteiger partial charge on any atom is 0.129 e. The third-order valence-corrected chi connectivity index (χ3v) is 4.57. The number of hydrogen-bond donors (Lipinski definition) is 1. The highest BCUT2D eigenvalue weighted by Gasteiger charge is 2.36. The molecule has 1 aliphatic heterocycles. The van der Waals surface area contributed by atoms with E-state index in [2.05, 4.69) is 24.0 Å². The van der Waals surface area contributed by atoms with Crippen LogP contribution in [0.2, 0.25) is 5.02 Å². The molecular weight excluding hydrogens is 312 g/mol. The van der Waals surface area contributed by atoms with Crippen molar-refractivity contribution < 1.29 is 9.84 Å². The topological polar surface area (TPSA) is 47.3 Å². The van der Waals surface area contributed by atoms with Crippen LogP contribution in [0.15, 0.2) is 42.7 Å². The summed E-state index contributed by atoms with van der Waals surface area (Å²) in [5, 5.41) is 11.0. The summed E-state index contributed by atoms with van der Waals surface area (Å²) < 4.78 is 7.08. The zero-order chi connectivity index (χ0) is 16.0. The molecule has 4 rings (SSSR count). The van der Waals surface area contributed by atoms with Crippen LogP contribution in [0, 0.1) is 6.92 Å². The van der Waals surface area contributed by atoms with Gasteiger partial charge < -0.3 is 14.4 Å². The molecule has 0 saturated carbocycles. The average Bonchev–Trinajstić information content (AvgIpc) is 2.90. The van der Waals surface area contributed by atoms with Gasteiger partial charge in [-0.25, -0.2) is 4.98 Å². The SMILES string of the molecule is Cc1ccc(Cl)cc1-c1ccc2c(c1)ncn2CC1(O)COC1. The van der Waals surface area contributed by atoms with Crippen molar-refractivity contribution >= 4 is 22.6 Å². The van der Waals surface area contributed by atoms with Gasteiger partial charge in [0.1, 0.15) is 5.60 Å². The quantitative estimate of drug-likeness (QED) is 0.801. The van der Waals surface area contributed by atoms with Crippen molar-refractivity contribution in [2.75, 3.05) is 13.2 Å². The first-order valence-electron chi connectivity index (χ1n) is 7.56. The van der Waals surface area contributed by atoms with Crippen molar-refractivity contribution in [1.82, 2.24) is 9.55 Å². The number of aryl methyl sites for hydroxylation is 1. The normalized spacial score (nSPS) is 16.5. The van der Waals surface area contributed by atoms with E-state index in [4.69, 9.17) is 16.3 Å². The Balaban J connectivity index is 1.73. The van der Waals surface area contributed by atoms with E-state index in [0.29, 0.717) is 19.8 Å². The lowest BCUT2D eigenvalue weighted by atomic mass is 10.00. The van der Waals surface area contributed by atoms with Crippen LogP contribution < -0.4 is 0 Å². The van der Waals surface area contributed by atoms with E-state index in [1.165, 1.54) is 5.56 Å². The second kappa shape index (κ2) is 5.34. The lowest BCUT2D eigenvalue weighted by Crippen LogP contribution is -2.52. The molecule has 0 atom stereocenters. The molecule has 3 aromatic rings. The molecule has 1 fully saturated rings. The van der Waals surface area contributed by atoms with E-state index in [1.807, 2.05) is 28.8 Å². The molecule has 0 aliphatic carbocycles. The van der Waals surface area contributed by atoms with Crippen molar-refractivity contribution in [3.8, 4) is 11.1 Å². The third-order valence-electron chi connectivity index (χ3n) is 4.34. The van der Waals surface area contributed by atoms with Gasteiger partial charge in [0.25, 0.3) is 0 Å². The first-order valence-corrected chi connectivity index (χ1v) is 7.93. The molecule has 118 valence electrons. The molecule has 0 radical (unpaired) electrons. The second-order valence-corrected chi connectivity index (χ2v) is 6.69. The van der Waals surface area contributed by atoms with Gasteiger partial charge in [0.2, 0.25) is 0 Å². The first-order chi connectivity index (χ1) is 11.0. The number of benzene rings is 2. The predicted molar refractivity (Wildman–Crippen MR) is 90.7 cm³/mol. The highest BCUT2D eigenvalue weighted by molar-refractivity contribution is 6.30. The molecule has 1 saturated heterocycles. The number of nitrogens with zero attached hydrogens (tertiary/aromatic N) is 2. The first kappa shape index (κ1) is 14.7. The van der Waals surface area contributed by atoms with Crippen LogP contribution in [-0.2, 0) is 11.3 Å². The minimum atomic E-state index is -0.768. The second-order valence-electron chi connectivity index (χ2n) is 6.25. The molecule has 0 amide bonds. The maximum atomic E-state index is 10.3. The van der Waals surface area contributed by atoms with Crippen LogP contribution in [0.1, 0.15) is 5.56 Å². The fourth-order valence-corrected chi connectivity index (χ4v) is 3.18. The molecule has 0 bridgehead atoms. The minimum absolute atomic E-state index is 0.381. The lowest BCUT2D eigenvalue weighted by Gasteiger charge is -2.36. The van der Waals surface area contributed by atoms with E-state index in [-0.39, 0.29) is 0 Å². The molecule has 5 heteroatoms. The summed E-state index contributed by atoms with van der Waals surface area (Å²) in [6.07, 6.45) is 1.77. The summed E-state index contributed by atoms with van der Waals surface area (Å²) in [5.74, 6) is 0. The average molecular weight is 329 g/mol. The summed E-state index contributed by atoms with van der Waals surface area (Å²) in [5.41, 5.74) is 4.53. The Morgan fingerprint density at radius 2 is 2.09 bits per heavy atom. The Morgan fingerprint density at radius 1 is 1.26 bits per heavy atom. The minimum Gasteiger partial charge on any atom is -0.383 e. The molecule has 0 spiro atoms. The van der Waals surface area contributed by atoms with Crippen molar-refractivity contribution in [3.05, 3.63) is 53.3 Å². The molecule has 2 aromatic carbocycles. The number of ether oxygens (including phenoxy) is 1. The third kappa shape index (κ3) is 2.63. The van der Waals surface area contributed by atoms with Gasteiger partial charge in [0.15, 0.2) is 0 Å². The van der Waals surface area contributed by atoms with Crippen LogP contribution in [0.5, 0.6) is 0 Å².